The molecule has 0 aliphatic carbocycles. The lowest BCUT2D eigenvalue weighted by Gasteiger charge is -2.32. The summed E-state index contributed by atoms with van der Waals surface area (Å²) in [4.78, 5) is 18.7. The number of ether oxygens (including phenoxy) is 1. The summed E-state index contributed by atoms with van der Waals surface area (Å²) in [6.45, 7) is 6.47. The standard InChI is InChI=1S/C22H30N4O2/c1-24-14-16-26(17-15-24)13-12-23-22(27)25(2)18-19-8-10-21(11-9-19)28-20-6-4-3-5-7-20/h3-11H,12-18H2,1-2H3,(H,23,27). The van der Waals surface area contributed by atoms with Gasteiger partial charge in [-0.15, -0.1) is 0 Å². The number of piperazine rings is 1. The summed E-state index contributed by atoms with van der Waals surface area (Å²) in [7, 11) is 3.97. The molecule has 0 unspecified atom stereocenters. The third-order valence-electron chi connectivity index (χ3n) is 4.97. The number of nitrogens with zero attached hydrogens (tertiary/aromatic N) is 3. The van der Waals surface area contributed by atoms with Gasteiger partial charge in [0, 0.05) is 52.9 Å². The van der Waals surface area contributed by atoms with Crippen LogP contribution in [0.4, 0.5) is 4.79 Å². The molecule has 0 radical (unpaired) electrons. The van der Waals surface area contributed by atoms with E-state index in [1.165, 1.54) is 0 Å². The Kier molecular flexibility index (Phi) is 7.28. The zero-order valence-electron chi connectivity index (χ0n) is 16.8. The lowest BCUT2D eigenvalue weighted by molar-refractivity contribution is 0.153. The maximum absolute atomic E-state index is 12.3. The zero-order valence-corrected chi connectivity index (χ0v) is 16.8. The van der Waals surface area contributed by atoms with Crippen LogP contribution in [0.25, 0.3) is 0 Å². The summed E-state index contributed by atoms with van der Waals surface area (Å²) in [5, 5.41) is 3.01. The summed E-state index contributed by atoms with van der Waals surface area (Å²) in [5.74, 6) is 1.60. The molecule has 28 heavy (non-hydrogen) atoms. The van der Waals surface area contributed by atoms with E-state index in [4.69, 9.17) is 4.74 Å². The molecule has 3 rings (SSSR count). The topological polar surface area (TPSA) is 48.0 Å². The summed E-state index contributed by atoms with van der Waals surface area (Å²) in [5.41, 5.74) is 1.07. The van der Waals surface area contributed by atoms with Gasteiger partial charge in [-0.3, -0.25) is 4.90 Å². The van der Waals surface area contributed by atoms with Crippen LogP contribution in [0, 0.1) is 0 Å². The molecule has 6 nitrogen and oxygen atoms in total. The van der Waals surface area contributed by atoms with Crippen LogP contribution in [0.15, 0.2) is 54.6 Å². The van der Waals surface area contributed by atoms with Gasteiger partial charge in [-0.25, -0.2) is 4.79 Å². The minimum absolute atomic E-state index is 0.0428. The van der Waals surface area contributed by atoms with Crippen LogP contribution in [0.3, 0.4) is 0 Å². The smallest absolute Gasteiger partial charge is 0.317 e. The minimum Gasteiger partial charge on any atom is -0.457 e. The molecule has 1 N–H and O–H groups in total. The van der Waals surface area contributed by atoms with Crippen molar-refractivity contribution in [1.29, 1.82) is 0 Å². The van der Waals surface area contributed by atoms with Gasteiger partial charge in [-0.1, -0.05) is 30.3 Å². The van der Waals surface area contributed by atoms with Crippen LogP contribution < -0.4 is 10.1 Å². The third kappa shape index (κ3) is 6.25. The Morgan fingerprint density at radius 3 is 2.32 bits per heavy atom. The Hall–Kier alpha value is -2.57. The van der Waals surface area contributed by atoms with E-state index >= 15 is 0 Å². The SMILES string of the molecule is CN1CCN(CCNC(=O)N(C)Cc2ccc(Oc3ccccc3)cc2)CC1. The number of carbonyl (C=O) groups excluding carboxylic acids is 1. The van der Waals surface area contributed by atoms with Crippen molar-refractivity contribution in [3.8, 4) is 11.5 Å². The second-order valence-corrected chi connectivity index (χ2v) is 7.29. The number of benzene rings is 2. The van der Waals surface area contributed by atoms with Gasteiger partial charge >= 0.3 is 6.03 Å². The molecule has 6 heteroatoms. The lowest BCUT2D eigenvalue weighted by Crippen LogP contribution is -2.47. The fraction of sp³-hybridized carbons (Fsp3) is 0.409. The first-order valence-electron chi connectivity index (χ1n) is 9.82. The summed E-state index contributed by atoms with van der Waals surface area (Å²) < 4.78 is 5.80. The molecule has 0 saturated carbocycles. The van der Waals surface area contributed by atoms with E-state index in [1.807, 2.05) is 61.6 Å². The molecule has 0 aromatic heterocycles. The summed E-state index contributed by atoms with van der Waals surface area (Å²) >= 11 is 0. The van der Waals surface area contributed by atoms with Crippen LogP contribution in [0.1, 0.15) is 5.56 Å². The fourth-order valence-electron chi connectivity index (χ4n) is 3.16. The Bertz CT molecular complexity index is 728. The molecule has 1 aliphatic rings. The molecule has 2 aromatic rings. The predicted octanol–water partition coefficient (Wildman–Crippen LogP) is 2.87. The van der Waals surface area contributed by atoms with E-state index in [1.54, 1.807) is 4.90 Å². The molecule has 0 atom stereocenters. The molecular weight excluding hydrogens is 352 g/mol. The van der Waals surface area contributed by atoms with Gasteiger partial charge in [-0.2, -0.15) is 0 Å². The number of para-hydroxylation sites is 1. The second-order valence-electron chi connectivity index (χ2n) is 7.29. The average molecular weight is 383 g/mol. The quantitative estimate of drug-likeness (QED) is 0.800. The van der Waals surface area contributed by atoms with E-state index in [9.17, 15) is 4.79 Å². The van der Waals surface area contributed by atoms with Crippen molar-refractivity contribution in [2.45, 2.75) is 6.54 Å². The number of likely N-dealkylation sites (N-methyl/N-ethyl adjacent to an activating group) is 1. The van der Waals surface area contributed by atoms with Crippen LogP contribution in [-0.4, -0.2) is 74.1 Å². The highest BCUT2D eigenvalue weighted by molar-refractivity contribution is 5.73. The van der Waals surface area contributed by atoms with E-state index in [0.717, 1.165) is 49.8 Å². The highest BCUT2D eigenvalue weighted by Crippen LogP contribution is 2.21. The number of hydrogen-bond donors (Lipinski definition) is 1. The van der Waals surface area contributed by atoms with Crippen molar-refractivity contribution in [2.75, 3.05) is 53.4 Å². The molecule has 1 fully saturated rings. The highest BCUT2D eigenvalue weighted by Gasteiger charge is 2.14. The van der Waals surface area contributed by atoms with Crippen molar-refractivity contribution < 1.29 is 9.53 Å². The lowest BCUT2D eigenvalue weighted by atomic mass is 10.2. The molecule has 1 aliphatic heterocycles. The normalized spacial score (nSPS) is 15.2. The molecule has 0 bridgehead atoms. The molecule has 150 valence electrons. The van der Waals surface area contributed by atoms with Crippen LogP contribution in [0.2, 0.25) is 0 Å². The summed E-state index contributed by atoms with van der Waals surface area (Å²) in [6.07, 6.45) is 0. The van der Waals surface area contributed by atoms with E-state index in [2.05, 4.69) is 22.2 Å². The van der Waals surface area contributed by atoms with Crippen molar-refractivity contribution in [2.24, 2.45) is 0 Å². The van der Waals surface area contributed by atoms with E-state index in [-0.39, 0.29) is 6.03 Å². The highest BCUT2D eigenvalue weighted by atomic mass is 16.5. The second kappa shape index (κ2) is 10.1. The van der Waals surface area contributed by atoms with Crippen molar-refractivity contribution >= 4 is 6.03 Å². The summed E-state index contributed by atoms with van der Waals surface area (Å²) in [6, 6.07) is 17.5. The zero-order chi connectivity index (χ0) is 19.8. The van der Waals surface area contributed by atoms with Crippen LogP contribution in [-0.2, 0) is 6.54 Å². The largest absolute Gasteiger partial charge is 0.457 e. The number of amides is 2. The Morgan fingerprint density at radius 2 is 1.64 bits per heavy atom. The van der Waals surface area contributed by atoms with Gasteiger partial charge in [0.2, 0.25) is 0 Å². The Morgan fingerprint density at radius 1 is 1.00 bits per heavy atom. The molecule has 0 spiro atoms. The number of urea groups is 1. The van der Waals surface area contributed by atoms with Gasteiger partial charge in [0.15, 0.2) is 0 Å². The van der Waals surface area contributed by atoms with Gasteiger partial charge in [0.1, 0.15) is 11.5 Å². The van der Waals surface area contributed by atoms with Gasteiger partial charge in [0.05, 0.1) is 0 Å². The van der Waals surface area contributed by atoms with Crippen molar-refractivity contribution in [3.63, 3.8) is 0 Å². The first-order chi connectivity index (χ1) is 13.6. The van der Waals surface area contributed by atoms with E-state index in [0.29, 0.717) is 13.1 Å². The van der Waals surface area contributed by atoms with Crippen LogP contribution in [0.5, 0.6) is 11.5 Å². The van der Waals surface area contributed by atoms with Gasteiger partial charge in [0.25, 0.3) is 0 Å². The Balaban J connectivity index is 1.39. The minimum atomic E-state index is -0.0428. The predicted molar refractivity (Wildman–Crippen MR) is 112 cm³/mol. The maximum atomic E-state index is 12.3. The van der Waals surface area contributed by atoms with Gasteiger partial charge in [-0.05, 0) is 36.9 Å². The van der Waals surface area contributed by atoms with Crippen LogP contribution >= 0.6 is 0 Å². The number of carbonyl (C=O) groups is 1. The fourth-order valence-corrected chi connectivity index (χ4v) is 3.16. The molecular formula is C22H30N4O2. The van der Waals surface area contributed by atoms with Crippen molar-refractivity contribution in [3.05, 3.63) is 60.2 Å². The third-order valence-corrected chi connectivity index (χ3v) is 4.97. The molecule has 2 amide bonds. The average Bonchev–Trinajstić information content (AvgIpc) is 2.71. The molecule has 2 aromatic carbocycles. The Labute approximate surface area is 167 Å². The monoisotopic (exact) mass is 382 g/mol. The maximum Gasteiger partial charge on any atom is 0.317 e. The number of nitrogens with one attached hydrogen (secondary N) is 1. The van der Waals surface area contributed by atoms with Crippen molar-refractivity contribution in [1.82, 2.24) is 20.0 Å². The molecule has 1 heterocycles. The first-order valence-corrected chi connectivity index (χ1v) is 9.82. The molecule has 1 saturated heterocycles. The first kappa shape index (κ1) is 20.2. The number of rotatable bonds is 7. The van der Waals surface area contributed by atoms with Gasteiger partial charge < -0.3 is 19.9 Å². The number of hydrogen-bond acceptors (Lipinski definition) is 4. The van der Waals surface area contributed by atoms with E-state index < -0.39 is 0 Å².